The predicted octanol–water partition coefficient (Wildman–Crippen LogP) is 3.14. The standard InChI is InChI=1S/C19H22N2O2/c1-14-19(22)21-10-2-4-17(21)13-20(14)12-15-6-8-16(9-7-15)18-5-3-11-23-18/h3,5-9,11,14,17H,2,4,10,12-13H2,1H3/t14-,17+/m0/s1. The van der Waals surface area contributed by atoms with Crippen LogP contribution >= 0.6 is 0 Å². The van der Waals surface area contributed by atoms with Crippen LogP contribution < -0.4 is 0 Å². The average molecular weight is 310 g/mol. The normalized spacial score (nSPS) is 24.9. The van der Waals surface area contributed by atoms with Crippen molar-refractivity contribution < 1.29 is 9.21 Å². The van der Waals surface area contributed by atoms with Crippen LogP contribution in [0.25, 0.3) is 11.3 Å². The lowest BCUT2D eigenvalue weighted by molar-refractivity contribution is -0.143. The van der Waals surface area contributed by atoms with Crippen LogP contribution in [0.5, 0.6) is 0 Å². The number of benzene rings is 1. The molecule has 3 heterocycles. The highest BCUT2D eigenvalue weighted by atomic mass is 16.3. The SMILES string of the molecule is C[C@H]1C(=O)N2CCC[C@@H]2CN1Cc1ccc(-c2ccco2)cc1. The molecule has 0 aliphatic carbocycles. The van der Waals surface area contributed by atoms with E-state index in [1.54, 1.807) is 6.26 Å². The van der Waals surface area contributed by atoms with E-state index >= 15 is 0 Å². The molecule has 0 unspecified atom stereocenters. The van der Waals surface area contributed by atoms with Gasteiger partial charge in [0, 0.05) is 31.2 Å². The molecule has 0 spiro atoms. The van der Waals surface area contributed by atoms with Crippen LogP contribution in [0.2, 0.25) is 0 Å². The Balaban J connectivity index is 1.48. The molecule has 0 radical (unpaired) electrons. The van der Waals surface area contributed by atoms with Crippen molar-refractivity contribution in [3.05, 3.63) is 48.2 Å². The van der Waals surface area contributed by atoms with Crippen molar-refractivity contribution in [2.24, 2.45) is 0 Å². The minimum Gasteiger partial charge on any atom is -0.464 e. The molecular formula is C19H22N2O2. The second-order valence-corrected chi connectivity index (χ2v) is 6.61. The second-order valence-electron chi connectivity index (χ2n) is 6.61. The summed E-state index contributed by atoms with van der Waals surface area (Å²) in [6, 6.07) is 12.7. The van der Waals surface area contributed by atoms with E-state index in [4.69, 9.17) is 4.42 Å². The van der Waals surface area contributed by atoms with Crippen LogP contribution in [0, 0.1) is 0 Å². The highest BCUT2D eigenvalue weighted by Crippen LogP contribution is 2.27. The maximum Gasteiger partial charge on any atom is 0.239 e. The Morgan fingerprint density at radius 1 is 1.22 bits per heavy atom. The monoisotopic (exact) mass is 310 g/mol. The molecule has 2 fully saturated rings. The van der Waals surface area contributed by atoms with Crippen molar-refractivity contribution >= 4 is 5.91 Å². The van der Waals surface area contributed by atoms with Crippen LogP contribution in [0.15, 0.2) is 47.1 Å². The van der Waals surface area contributed by atoms with E-state index in [0.29, 0.717) is 11.9 Å². The number of nitrogens with zero attached hydrogens (tertiary/aromatic N) is 2. The highest BCUT2D eigenvalue weighted by Gasteiger charge is 2.39. The third-order valence-corrected chi connectivity index (χ3v) is 5.16. The van der Waals surface area contributed by atoms with Gasteiger partial charge in [0.15, 0.2) is 0 Å². The van der Waals surface area contributed by atoms with Gasteiger partial charge in [-0.2, -0.15) is 0 Å². The molecule has 120 valence electrons. The molecule has 2 atom stereocenters. The van der Waals surface area contributed by atoms with Gasteiger partial charge in [0.2, 0.25) is 5.91 Å². The number of hydrogen-bond acceptors (Lipinski definition) is 3. The van der Waals surface area contributed by atoms with Gasteiger partial charge in [-0.05, 0) is 37.5 Å². The Morgan fingerprint density at radius 2 is 2.04 bits per heavy atom. The first-order valence-corrected chi connectivity index (χ1v) is 8.40. The molecule has 4 rings (SSSR count). The molecule has 2 aliphatic heterocycles. The number of furan rings is 1. The third-order valence-electron chi connectivity index (χ3n) is 5.16. The van der Waals surface area contributed by atoms with Gasteiger partial charge >= 0.3 is 0 Å². The number of carbonyl (C=O) groups is 1. The topological polar surface area (TPSA) is 36.7 Å². The maximum absolute atomic E-state index is 12.5. The minimum absolute atomic E-state index is 0.0194. The van der Waals surface area contributed by atoms with Crippen LogP contribution in [0.3, 0.4) is 0 Å². The summed E-state index contributed by atoms with van der Waals surface area (Å²) in [5.74, 6) is 1.19. The lowest BCUT2D eigenvalue weighted by Crippen LogP contribution is -2.58. The van der Waals surface area contributed by atoms with Gasteiger partial charge < -0.3 is 9.32 Å². The van der Waals surface area contributed by atoms with Gasteiger partial charge in [-0.3, -0.25) is 9.69 Å². The molecule has 23 heavy (non-hydrogen) atoms. The van der Waals surface area contributed by atoms with Crippen LogP contribution in [0.4, 0.5) is 0 Å². The van der Waals surface area contributed by atoms with Crippen LogP contribution in [-0.4, -0.2) is 40.9 Å². The van der Waals surface area contributed by atoms with E-state index in [2.05, 4.69) is 34.1 Å². The Bertz CT molecular complexity index is 678. The first-order valence-electron chi connectivity index (χ1n) is 8.40. The van der Waals surface area contributed by atoms with E-state index in [1.165, 1.54) is 5.56 Å². The van der Waals surface area contributed by atoms with E-state index in [1.807, 2.05) is 19.1 Å². The number of rotatable bonds is 3. The van der Waals surface area contributed by atoms with Crippen molar-refractivity contribution in [2.45, 2.75) is 38.4 Å². The quantitative estimate of drug-likeness (QED) is 0.874. The molecule has 4 heteroatoms. The van der Waals surface area contributed by atoms with E-state index in [0.717, 1.165) is 43.8 Å². The largest absolute Gasteiger partial charge is 0.464 e. The van der Waals surface area contributed by atoms with Crippen LogP contribution in [-0.2, 0) is 11.3 Å². The second kappa shape index (κ2) is 5.85. The summed E-state index contributed by atoms with van der Waals surface area (Å²) in [5.41, 5.74) is 2.33. The summed E-state index contributed by atoms with van der Waals surface area (Å²) in [6.45, 7) is 4.80. The molecule has 0 N–H and O–H groups in total. The first-order chi connectivity index (χ1) is 11.2. The van der Waals surface area contributed by atoms with E-state index < -0.39 is 0 Å². The molecule has 0 bridgehead atoms. The fourth-order valence-electron chi connectivity index (χ4n) is 3.79. The number of amides is 1. The zero-order valence-electron chi connectivity index (χ0n) is 13.4. The van der Waals surface area contributed by atoms with Gasteiger partial charge in [0.05, 0.1) is 12.3 Å². The predicted molar refractivity (Wildman–Crippen MR) is 88.8 cm³/mol. The summed E-state index contributed by atoms with van der Waals surface area (Å²) in [7, 11) is 0. The lowest BCUT2D eigenvalue weighted by Gasteiger charge is -2.41. The molecule has 4 nitrogen and oxygen atoms in total. The van der Waals surface area contributed by atoms with Gasteiger partial charge in [0.1, 0.15) is 5.76 Å². The molecule has 1 aromatic carbocycles. The molecule has 2 aliphatic rings. The summed E-state index contributed by atoms with van der Waals surface area (Å²) < 4.78 is 5.43. The molecule has 2 aromatic rings. The minimum atomic E-state index is -0.0194. The lowest BCUT2D eigenvalue weighted by atomic mass is 10.0. The average Bonchev–Trinajstić information content (AvgIpc) is 3.24. The number of fused-ring (bicyclic) bond motifs is 1. The van der Waals surface area contributed by atoms with Gasteiger partial charge in [-0.25, -0.2) is 0 Å². The Kier molecular flexibility index (Phi) is 3.69. The number of carbonyl (C=O) groups excluding carboxylic acids is 1. The molecule has 2 saturated heterocycles. The van der Waals surface area contributed by atoms with Crippen molar-refractivity contribution in [1.29, 1.82) is 0 Å². The third kappa shape index (κ3) is 2.68. The molecule has 0 saturated carbocycles. The maximum atomic E-state index is 12.5. The molecule has 1 aromatic heterocycles. The Morgan fingerprint density at radius 3 is 2.78 bits per heavy atom. The summed E-state index contributed by atoms with van der Waals surface area (Å²) in [5, 5.41) is 0. The molecular weight excluding hydrogens is 288 g/mol. The Labute approximate surface area is 136 Å². The van der Waals surface area contributed by atoms with Crippen molar-refractivity contribution in [3.63, 3.8) is 0 Å². The van der Waals surface area contributed by atoms with Crippen molar-refractivity contribution in [1.82, 2.24) is 9.80 Å². The Hall–Kier alpha value is -2.07. The summed E-state index contributed by atoms with van der Waals surface area (Å²) in [4.78, 5) is 16.9. The van der Waals surface area contributed by atoms with E-state index in [-0.39, 0.29) is 6.04 Å². The van der Waals surface area contributed by atoms with E-state index in [9.17, 15) is 4.79 Å². The number of piperazine rings is 1. The molecule has 1 amide bonds. The van der Waals surface area contributed by atoms with Gasteiger partial charge in [0.25, 0.3) is 0 Å². The van der Waals surface area contributed by atoms with Gasteiger partial charge in [-0.15, -0.1) is 0 Å². The fourth-order valence-corrected chi connectivity index (χ4v) is 3.79. The first kappa shape index (κ1) is 14.5. The number of hydrogen-bond donors (Lipinski definition) is 0. The van der Waals surface area contributed by atoms with Crippen LogP contribution in [0.1, 0.15) is 25.3 Å². The van der Waals surface area contributed by atoms with Gasteiger partial charge in [-0.1, -0.05) is 24.3 Å². The zero-order valence-corrected chi connectivity index (χ0v) is 13.4. The summed E-state index contributed by atoms with van der Waals surface area (Å²) in [6.07, 6.45) is 3.98. The highest BCUT2D eigenvalue weighted by molar-refractivity contribution is 5.83. The zero-order chi connectivity index (χ0) is 15.8. The van der Waals surface area contributed by atoms with Crippen molar-refractivity contribution in [3.8, 4) is 11.3 Å². The summed E-state index contributed by atoms with van der Waals surface area (Å²) >= 11 is 0. The van der Waals surface area contributed by atoms with Crippen molar-refractivity contribution in [2.75, 3.05) is 13.1 Å². The fraction of sp³-hybridized carbons (Fsp3) is 0.421. The smallest absolute Gasteiger partial charge is 0.239 e.